The minimum Gasteiger partial charge on any atom is -0.378 e. The summed E-state index contributed by atoms with van der Waals surface area (Å²) in [6.45, 7) is 0. The molecule has 0 aliphatic carbocycles. The van der Waals surface area contributed by atoms with E-state index in [0.717, 1.165) is 16.4 Å². The van der Waals surface area contributed by atoms with Crippen molar-refractivity contribution < 1.29 is 4.79 Å². The van der Waals surface area contributed by atoms with Gasteiger partial charge >= 0.3 is 0 Å². The SMILES string of the molecule is CN(C)c1ccc(C(=O)/C=C2/Sc3ccccc3N2C)cc1. The first kappa shape index (κ1) is 14.7. The van der Waals surface area contributed by atoms with Crippen molar-refractivity contribution >= 4 is 28.9 Å². The lowest BCUT2D eigenvalue weighted by molar-refractivity contribution is 0.104. The number of benzene rings is 2. The van der Waals surface area contributed by atoms with E-state index < -0.39 is 0 Å². The van der Waals surface area contributed by atoms with Gasteiger partial charge in [0.1, 0.15) is 0 Å². The van der Waals surface area contributed by atoms with Crippen LogP contribution in [-0.2, 0) is 0 Å². The van der Waals surface area contributed by atoms with Gasteiger partial charge in [0.05, 0.1) is 10.7 Å². The highest BCUT2D eigenvalue weighted by atomic mass is 32.2. The normalized spacial score (nSPS) is 15.0. The number of hydrogen-bond acceptors (Lipinski definition) is 4. The number of ketones is 1. The number of nitrogens with zero attached hydrogens (tertiary/aromatic N) is 2. The highest BCUT2D eigenvalue weighted by Gasteiger charge is 2.22. The van der Waals surface area contributed by atoms with Gasteiger partial charge in [0.25, 0.3) is 0 Å². The van der Waals surface area contributed by atoms with Crippen LogP contribution in [0.3, 0.4) is 0 Å². The molecule has 1 aliphatic heterocycles. The second-order valence-electron chi connectivity index (χ2n) is 5.42. The van der Waals surface area contributed by atoms with E-state index in [4.69, 9.17) is 0 Å². The lowest BCUT2D eigenvalue weighted by Crippen LogP contribution is -2.11. The molecule has 0 unspecified atom stereocenters. The Balaban J connectivity index is 1.82. The van der Waals surface area contributed by atoms with Gasteiger partial charge in [0, 0.05) is 43.4 Å². The average Bonchev–Trinajstić information content (AvgIpc) is 2.84. The van der Waals surface area contributed by atoms with Crippen molar-refractivity contribution in [1.29, 1.82) is 0 Å². The minimum absolute atomic E-state index is 0.0347. The minimum atomic E-state index is 0.0347. The zero-order valence-electron chi connectivity index (χ0n) is 12.9. The summed E-state index contributed by atoms with van der Waals surface area (Å²) in [6.07, 6.45) is 1.72. The standard InChI is InChI=1S/C18H18N2OS/c1-19(2)14-10-8-13(9-11-14)16(21)12-18-20(3)15-6-4-5-7-17(15)22-18/h4-12H,1-3H3/b18-12+. The first-order valence-corrected chi connectivity index (χ1v) is 7.92. The second-order valence-corrected chi connectivity index (χ2v) is 6.48. The summed E-state index contributed by atoms with van der Waals surface area (Å²) < 4.78 is 0. The number of hydrogen-bond donors (Lipinski definition) is 0. The summed E-state index contributed by atoms with van der Waals surface area (Å²) >= 11 is 1.63. The number of carbonyl (C=O) groups is 1. The van der Waals surface area contributed by atoms with E-state index in [-0.39, 0.29) is 5.78 Å². The third kappa shape index (κ3) is 2.74. The molecule has 2 aromatic carbocycles. The van der Waals surface area contributed by atoms with Crippen LogP contribution in [0, 0.1) is 0 Å². The highest BCUT2D eigenvalue weighted by molar-refractivity contribution is 8.03. The third-order valence-electron chi connectivity index (χ3n) is 3.69. The molecule has 0 saturated carbocycles. The number of para-hydroxylation sites is 1. The van der Waals surface area contributed by atoms with E-state index in [1.807, 2.05) is 62.4 Å². The Morgan fingerprint density at radius 3 is 2.41 bits per heavy atom. The molecule has 0 bridgehead atoms. The van der Waals surface area contributed by atoms with Crippen molar-refractivity contribution in [3.05, 3.63) is 65.2 Å². The molecule has 1 heterocycles. The molecule has 0 aromatic heterocycles. The van der Waals surface area contributed by atoms with Gasteiger partial charge in [0.2, 0.25) is 0 Å². The Labute approximate surface area is 135 Å². The lowest BCUT2D eigenvalue weighted by Gasteiger charge is -2.13. The number of allylic oxidation sites excluding steroid dienone is 1. The predicted octanol–water partition coefficient (Wildman–Crippen LogP) is 4.02. The van der Waals surface area contributed by atoms with E-state index >= 15 is 0 Å². The van der Waals surface area contributed by atoms with Gasteiger partial charge in [0.15, 0.2) is 5.78 Å². The molecule has 3 nitrogen and oxygen atoms in total. The Kier molecular flexibility index (Phi) is 3.94. The average molecular weight is 310 g/mol. The van der Waals surface area contributed by atoms with Gasteiger partial charge in [-0.05, 0) is 36.4 Å². The fourth-order valence-corrected chi connectivity index (χ4v) is 3.45. The number of fused-ring (bicyclic) bond motifs is 1. The van der Waals surface area contributed by atoms with Gasteiger partial charge in [-0.1, -0.05) is 23.9 Å². The molecule has 3 rings (SSSR count). The summed E-state index contributed by atoms with van der Waals surface area (Å²) in [5.41, 5.74) is 2.95. The van der Waals surface area contributed by atoms with Gasteiger partial charge in [-0.15, -0.1) is 0 Å². The van der Waals surface area contributed by atoms with Crippen LogP contribution < -0.4 is 9.80 Å². The van der Waals surface area contributed by atoms with Crippen LogP contribution in [0.2, 0.25) is 0 Å². The fraction of sp³-hybridized carbons (Fsp3) is 0.167. The number of carbonyl (C=O) groups excluding carboxylic acids is 1. The van der Waals surface area contributed by atoms with Crippen molar-refractivity contribution in [2.45, 2.75) is 4.90 Å². The Morgan fingerprint density at radius 1 is 1.09 bits per heavy atom. The largest absolute Gasteiger partial charge is 0.378 e. The highest BCUT2D eigenvalue weighted by Crippen LogP contribution is 2.44. The van der Waals surface area contributed by atoms with Crippen molar-refractivity contribution in [2.75, 3.05) is 30.9 Å². The molecular formula is C18H18N2OS. The maximum atomic E-state index is 12.4. The monoisotopic (exact) mass is 310 g/mol. The quantitative estimate of drug-likeness (QED) is 0.631. The molecule has 0 N–H and O–H groups in total. The molecule has 112 valence electrons. The smallest absolute Gasteiger partial charge is 0.188 e. The molecule has 0 fully saturated rings. The van der Waals surface area contributed by atoms with Crippen LogP contribution >= 0.6 is 11.8 Å². The van der Waals surface area contributed by atoms with E-state index in [1.54, 1.807) is 17.8 Å². The van der Waals surface area contributed by atoms with Crippen LogP contribution in [-0.4, -0.2) is 26.9 Å². The van der Waals surface area contributed by atoms with Crippen LogP contribution in [0.4, 0.5) is 11.4 Å². The summed E-state index contributed by atoms with van der Waals surface area (Å²) in [7, 11) is 5.97. The molecule has 2 aromatic rings. The molecule has 1 aliphatic rings. The van der Waals surface area contributed by atoms with Crippen LogP contribution in [0.15, 0.2) is 64.5 Å². The van der Waals surface area contributed by atoms with Gasteiger partial charge < -0.3 is 9.80 Å². The van der Waals surface area contributed by atoms with Crippen molar-refractivity contribution in [1.82, 2.24) is 0 Å². The van der Waals surface area contributed by atoms with Crippen LogP contribution in [0.1, 0.15) is 10.4 Å². The maximum absolute atomic E-state index is 12.4. The molecule has 22 heavy (non-hydrogen) atoms. The van der Waals surface area contributed by atoms with E-state index in [0.29, 0.717) is 5.56 Å². The van der Waals surface area contributed by atoms with Gasteiger partial charge in [-0.3, -0.25) is 4.79 Å². The Bertz CT molecular complexity index is 735. The molecule has 0 saturated heterocycles. The first-order valence-electron chi connectivity index (χ1n) is 7.10. The molecule has 0 amide bonds. The zero-order valence-corrected chi connectivity index (χ0v) is 13.7. The maximum Gasteiger partial charge on any atom is 0.188 e. The van der Waals surface area contributed by atoms with Crippen LogP contribution in [0.25, 0.3) is 0 Å². The van der Waals surface area contributed by atoms with Crippen molar-refractivity contribution in [2.24, 2.45) is 0 Å². The summed E-state index contributed by atoms with van der Waals surface area (Å²) in [5.74, 6) is 0.0347. The van der Waals surface area contributed by atoms with Crippen molar-refractivity contribution in [3.8, 4) is 0 Å². The van der Waals surface area contributed by atoms with E-state index in [1.165, 1.54) is 4.90 Å². The Morgan fingerprint density at radius 2 is 1.77 bits per heavy atom. The number of rotatable bonds is 3. The van der Waals surface area contributed by atoms with Crippen LogP contribution in [0.5, 0.6) is 0 Å². The number of thioether (sulfide) groups is 1. The molecule has 0 radical (unpaired) electrons. The zero-order chi connectivity index (χ0) is 15.7. The third-order valence-corrected chi connectivity index (χ3v) is 4.86. The summed E-state index contributed by atoms with van der Waals surface area (Å²) in [4.78, 5) is 17.7. The summed E-state index contributed by atoms with van der Waals surface area (Å²) in [6, 6.07) is 15.9. The fourth-order valence-electron chi connectivity index (χ4n) is 2.37. The van der Waals surface area contributed by atoms with Crippen molar-refractivity contribution in [3.63, 3.8) is 0 Å². The molecule has 0 spiro atoms. The summed E-state index contributed by atoms with van der Waals surface area (Å²) in [5, 5.41) is 0.961. The predicted molar refractivity (Wildman–Crippen MR) is 93.9 cm³/mol. The molecular weight excluding hydrogens is 292 g/mol. The van der Waals surface area contributed by atoms with Gasteiger partial charge in [-0.2, -0.15) is 0 Å². The molecule has 4 heteroatoms. The first-order chi connectivity index (χ1) is 10.6. The van der Waals surface area contributed by atoms with E-state index in [9.17, 15) is 4.79 Å². The molecule has 0 atom stereocenters. The number of anilines is 2. The Hall–Kier alpha value is -2.20. The lowest BCUT2D eigenvalue weighted by atomic mass is 10.1. The second kappa shape index (κ2) is 5.89. The van der Waals surface area contributed by atoms with E-state index in [2.05, 4.69) is 17.0 Å². The topological polar surface area (TPSA) is 23.6 Å². The van der Waals surface area contributed by atoms with Gasteiger partial charge in [-0.25, -0.2) is 0 Å².